The molecule has 0 fully saturated rings. The van der Waals surface area contributed by atoms with E-state index in [0.717, 1.165) is 25.8 Å². The first-order valence-electron chi connectivity index (χ1n) is 8.17. The number of nitrogens with one attached hydrogen (secondary N) is 1. The van der Waals surface area contributed by atoms with Gasteiger partial charge in [-0.05, 0) is 67.1 Å². The van der Waals surface area contributed by atoms with Crippen LogP contribution in [-0.2, 0) is 10.0 Å². The lowest BCUT2D eigenvalue weighted by Crippen LogP contribution is -2.29. The molecule has 0 bridgehead atoms. The third kappa shape index (κ3) is 4.07. The number of aliphatic hydroxyl groups excluding tert-OH is 1. The molecule has 0 amide bonds. The molecule has 3 rings (SSSR count). The van der Waals surface area contributed by atoms with E-state index in [9.17, 15) is 13.5 Å². The molecule has 0 saturated heterocycles. The Morgan fingerprint density at radius 3 is 2.46 bits per heavy atom. The average molecular weight is 408 g/mol. The number of benzene rings is 1. The van der Waals surface area contributed by atoms with Gasteiger partial charge in [-0.1, -0.05) is 12.1 Å². The summed E-state index contributed by atoms with van der Waals surface area (Å²) < 4.78 is 27.8. The highest BCUT2D eigenvalue weighted by atomic mass is 32.2. The van der Waals surface area contributed by atoms with Crippen molar-refractivity contribution in [3.8, 4) is 9.75 Å². The minimum Gasteiger partial charge on any atom is -0.386 e. The van der Waals surface area contributed by atoms with Gasteiger partial charge in [0.25, 0.3) is 0 Å². The zero-order valence-electron chi connectivity index (χ0n) is 14.8. The molecule has 0 aliphatic carbocycles. The summed E-state index contributed by atoms with van der Waals surface area (Å²) in [5.41, 5.74) is 2.68. The van der Waals surface area contributed by atoms with Crippen LogP contribution in [0.25, 0.3) is 9.75 Å². The predicted molar refractivity (Wildman–Crippen MR) is 108 cm³/mol. The Hall–Kier alpha value is -1.51. The zero-order valence-corrected chi connectivity index (χ0v) is 17.3. The largest absolute Gasteiger partial charge is 0.386 e. The summed E-state index contributed by atoms with van der Waals surface area (Å²) in [6.07, 6.45) is -0.879. The number of sulfonamides is 1. The highest BCUT2D eigenvalue weighted by Crippen LogP contribution is 2.34. The Balaban J connectivity index is 1.73. The molecule has 1 atom stereocenters. The molecule has 2 heterocycles. The molecule has 1 aromatic carbocycles. The summed E-state index contributed by atoms with van der Waals surface area (Å²) in [7, 11) is -3.67. The molecule has 7 heteroatoms. The second-order valence-electron chi connectivity index (χ2n) is 6.25. The average Bonchev–Trinajstić information content (AvgIpc) is 3.26. The number of hydrogen-bond donors (Lipinski definition) is 2. The van der Waals surface area contributed by atoms with Crippen LogP contribution in [0, 0.1) is 20.8 Å². The highest BCUT2D eigenvalue weighted by Gasteiger charge is 2.20. The number of hydrogen-bond acceptors (Lipinski definition) is 5. The Labute approximate surface area is 162 Å². The lowest BCUT2D eigenvalue weighted by molar-refractivity contribution is 0.186. The Kier molecular flexibility index (Phi) is 5.64. The van der Waals surface area contributed by atoms with Gasteiger partial charge >= 0.3 is 0 Å². The molecular formula is C19H21NO3S3. The predicted octanol–water partition coefficient (Wildman–Crippen LogP) is 4.41. The van der Waals surface area contributed by atoms with E-state index in [2.05, 4.69) is 4.72 Å². The first-order valence-corrected chi connectivity index (χ1v) is 11.3. The van der Waals surface area contributed by atoms with Crippen molar-refractivity contribution in [1.29, 1.82) is 0 Å². The molecule has 0 radical (unpaired) electrons. The standard InChI is InChI=1S/C19H21NO3S3/c1-12-9-14(3)19(10-13(12)2)26(22,23)20-11-15(21)16-6-7-18(25-16)17-5-4-8-24-17/h4-10,15,20-21H,11H2,1-3H3. The molecule has 0 spiro atoms. The molecule has 2 aromatic heterocycles. The zero-order chi connectivity index (χ0) is 18.9. The maximum atomic E-state index is 12.6. The summed E-state index contributed by atoms with van der Waals surface area (Å²) in [6.45, 7) is 5.57. The first-order chi connectivity index (χ1) is 12.3. The van der Waals surface area contributed by atoms with E-state index < -0.39 is 16.1 Å². The minimum atomic E-state index is -3.67. The van der Waals surface area contributed by atoms with Gasteiger partial charge in [0.15, 0.2) is 0 Å². The fourth-order valence-corrected chi connectivity index (χ4v) is 5.85. The van der Waals surface area contributed by atoms with Gasteiger partial charge < -0.3 is 5.11 Å². The fraction of sp³-hybridized carbons (Fsp3) is 0.263. The monoisotopic (exact) mass is 407 g/mol. The van der Waals surface area contributed by atoms with Gasteiger partial charge in [-0.15, -0.1) is 22.7 Å². The van der Waals surface area contributed by atoms with Crippen LogP contribution < -0.4 is 4.72 Å². The molecule has 0 aliphatic rings. The quantitative estimate of drug-likeness (QED) is 0.636. The molecule has 0 aliphatic heterocycles. The van der Waals surface area contributed by atoms with Gasteiger partial charge in [0.2, 0.25) is 10.0 Å². The van der Waals surface area contributed by atoms with Crippen molar-refractivity contribution in [3.05, 3.63) is 63.3 Å². The van der Waals surface area contributed by atoms with Crippen LogP contribution in [0.15, 0.2) is 46.7 Å². The van der Waals surface area contributed by atoms with Crippen LogP contribution in [0.5, 0.6) is 0 Å². The normalized spacial score (nSPS) is 13.1. The van der Waals surface area contributed by atoms with E-state index in [1.165, 1.54) is 11.3 Å². The summed E-state index contributed by atoms with van der Waals surface area (Å²) in [5, 5.41) is 12.4. The van der Waals surface area contributed by atoms with Gasteiger partial charge in [-0.2, -0.15) is 0 Å². The summed E-state index contributed by atoms with van der Waals surface area (Å²) in [6, 6.07) is 11.4. The SMILES string of the molecule is Cc1cc(C)c(S(=O)(=O)NCC(O)c2ccc(-c3cccs3)s2)cc1C. The maximum Gasteiger partial charge on any atom is 0.240 e. The van der Waals surface area contributed by atoms with Gasteiger partial charge in [0.1, 0.15) is 6.10 Å². The maximum absolute atomic E-state index is 12.6. The van der Waals surface area contributed by atoms with Crippen LogP contribution in [0.4, 0.5) is 0 Å². The third-order valence-electron chi connectivity index (χ3n) is 4.27. The van der Waals surface area contributed by atoms with Crippen molar-refractivity contribution in [3.63, 3.8) is 0 Å². The van der Waals surface area contributed by atoms with Crippen LogP contribution >= 0.6 is 22.7 Å². The molecule has 4 nitrogen and oxygen atoms in total. The van der Waals surface area contributed by atoms with E-state index in [4.69, 9.17) is 0 Å². The number of thiophene rings is 2. The van der Waals surface area contributed by atoms with E-state index in [0.29, 0.717) is 5.56 Å². The molecule has 26 heavy (non-hydrogen) atoms. The topological polar surface area (TPSA) is 66.4 Å². The van der Waals surface area contributed by atoms with Crippen molar-refractivity contribution < 1.29 is 13.5 Å². The number of aryl methyl sites for hydroxylation is 3. The van der Waals surface area contributed by atoms with Crippen molar-refractivity contribution in [1.82, 2.24) is 4.72 Å². The van der Waals surface area contributed by atoms with Gasteiger partial charge in [-0.25, -0.2) is 13.1 Å². The van der Waals surface area contributed by atoms with Crippen LogP contribution in [-0.4, -0.2) is 20.1 Å². The number of rotatable bonds is 6. The molecular weight excluding hydrogens is 386 g/mol. The molecule has 3 aromatic rings. The van der Waals surface area contributed by atoms with Crippen LogP contribution in [0.1, 0.15) is 27.7 Å². The Bertz CT molecular complexity index is 1000. The van der Waals surface area contributed by atoms with E-state index >= 15 is 0 Å². The van der Waals surface area contributed by atoms with Gasteiger partial charge in [-0.3, -0.25) is 0 Å². The van der Waals surface area contributed by atoms with E-state index in [1.54, 1.807) is 24.3 Å². The summed E-state index contributed by atoms with van der Waals surface area (Å²) >= 11 is 3.12. The number of aliphatic hydroxyl groups is 1. The van der Waals surface area contributed by atoms with E-state index in [1.807, 2.05) is 49.6 Å². The fourth-order valence-electron chi connectivity index (χ4n) is 2.67. The second kappa shape index (κ2) is 7.62. The van der Waals surface area contributed by atoms with Gasteiger partial charge in [0.05, 0.1) is 4.90 Å². The smallest absolute Gasteiger partial charge is 0.240 e. The molecule has 138 valence electrons. The van der Waals surface area contributed by atoms with Crippen LogP contribution in [0.2, 0.25) is 0 Å². The molecule has 0 saturated carbocycles. The Morgan fingerprint density at radius 1 is 1.04 bits per heavy atom. The second-order valence-corrected chi connectivity index (χ2v) is 10.0. The summed E-state index contributed by atoms with van der Waals surface area (Å²) in [5.74, 6) is 0. The lowest BCUT2D eigenvalue weighted by Gasteiger charge is -2.14. The molecule has 2 N–H and O–H groups in total. The van der Waals surface area contributed by atoms with Crippen molar-refractivity contribution in [2.45, 2.75) is 31.8 Å². The highest BCUT2D eigenvalue weighted by molar-refractivity contribution is 7.89. The molecule has 1 unspecified atom stereocenters. The summed E-state index contributed by atoms with van der Waals surface area (Å²) in [4.78, 5) is 3.22. The van der Waals surface area contributed by atoms with Crippen molar-refractivity contribution in [2.75, 3.05) is 6.54 Å². The lowest BCUT2D eigenvalue weighted by atomic mass is 10.1. The van der Waals surface area contributed by atoms with Crippen molar-refractivity contribution >= 4 is 32.7 Å². The van der Waals surface area contributed by atoms with Crippen molar-refractivity contribution in [2.24, 2.45) is 0 Å². The Morgan fingerprint density at radius 2 is 1.77 bits per heavy atom. The van der Waals surface area contributed by atoms with Crippen LogP contribution in [0.3, 0.4) is 0 Å². The third-order valence-corrected chi connectivity index (χ3v) is 8.08. The van der Waals surface area contributed by atoms with Gasteiger partial charge in [0, 0.05) is 21.2 Å². The van der Waals surface area contributed by atoms with E-state index in [-0.39, 0.29) is 11.4 Å². The first kappa shape index (κ1) is 19.3. The minimum absolute atomic E-state index is 0.0565.